The SMILES string of the molecule is C=CCn1cc(/C=c2\sc3n(c2=O)[C@H](c2cc(Cl)ccc2OC)C(C(=O)OC)=C(C)N=3)c2ccccc21. The maximum absolute atomic E-state index is 13.9. The Balaban J connectivity index is 1.79. The molecular formula is C28H24ClN3O4S. The lowest BCUT2D eigenvalue weighted by atomic mass is 9.95. The van der Waals surface area contributed by atoms with Crippen LogP contribution in [-0.4, -0.2) is 29.3 Å². The summed E-state index contributed by atoms with van der Waals surface area (Å²) in [7, 11) is 2.84. The zero-order chi connectivity index (χ0) is 26.3. The van der Waals surface area contributed by atoms with E-state index >= 15 is 0 Å². The number of nitrogens with zero attached hydrogens (tertiary/aromatic N) is 3. The van der Waals surface area contributed by atoms with Crippen molar-refractivity contribution in [3.63, 3.8) is 0 Å². The molecule has 0 fully saturated rings. The van der Waals surface area contributed by atoms with Gasteiger partial charge in [0, 0.05) is 39.8 Å². The Morgan fingerprint density at radius 1 is 1.24 bits per heavy atom. The van der Waals surface area contributed by atoms with Crippen LogP contribution < -0.4 is 19.6 Å². The average molecular weight is 534 g/mol. The van der Waals surface area contributed by atoms with Crippen LogP contribution in [0.3, 0.4) is 0 Å². The summed E-state index contributed by atoms with van der Waals surface area (Å²) in [4.78, 5) is 32.0. The topological polar surface area (TPSA) is 74.8 Å². The third-order valence-corrected chi connectivity index (χ3v) is 7.56. The van der Waals surface area contributed by atoms with E-state index in [0.29, 0.717) is 37.9 Å². The lowest BCUT2D eigenvalue weighted by molar-refractivity contribution is -0.136. The summed E-state index contributed by atoms with van der Waals surface area (Å²) >= 11 is 7.61. The molecule has 3 heterocycles. The molecule has 2 aromatic heterocycles. The number of allylic oxidation sites excluding steroid dienone is 2. The molecular weight excluding hydrogens is 510 g/mol. The van der Waals surface area contributed by atoms with E-state index in [1.165, 1.54) is 30.1 Å². The zero-order valence-electron chi connectivity index (χ0n) is 20.5. The van der Waals surface area contributed by atoms with E-state index in [-0.39, 0.29) is 11.1 Å². The Morgan fingerprint density at radius 3 is 2.76 bits per heavy atom. The Bertz CT molecular complexity index is 1780. The van der Waals surface area contributed by atoms with Crippen molar-refractivity contribution in [1.82, 2.24) is 9.13 Å². The second-order valence-electron chi connectivity index (χ2n) is 8.50. The Labute approximate surface area is 221 Å². The molecule has 1 aliphatic rings. The van der Waals surface area contributed by atoms with Crippen molar-refractivity contribution in [1.29, 1.82) is 0 Å². The summed E-state index contributed by atoms with van der Waals surface area (Å²) in [6, 6.07) is 12.3. The van der Waals surface area contributed by atoms with Crippen LogP contribution >= 0.6 is 22.9 Å². The molecule has 0 amide bonds. The quantitative estimate of drug-likeness (QED) is 0.275. The molecule has 0 aliphatic carbocycles. The molecule has 4 aromatic rings. The number of para-hydroxylation sites is 1. The highest BCUT2D eigenvalue weighted by Crippen LogP contribution is 2.37. The third-order valence-electron chi connectivity index (χ3n) is 6.35. The van der Waals surface area contributed by atoms with Gasteiger partial charge in [0.25, 0.3) is 5.56 Å². The van der Waals surface area contributed by atoms with Crippen LogP contribution in [0.5, 0.6) is 5.75 Å². The molecule has 0 radical (unpaired) electrons. The highest BCUT2D eigenvalue weighted by atomic mass is 35.5. The summed E-state index contributed by atoms with van der Waals surface area (Å²) < 4.78 is 14.8. The van der Waals surface area contributed by atoms with Crippen LogP contribution in [0.2, 0.25) is 5.02 Å². The monoisotopic (exact) mass is 533 g/mol. The fraction of sp³-hybridized carbons (Fsp3) is 0.179. The number of carbonyl (C=O) groups is 1. The second kappa shape index (κ2) is 9.88. The van der Waals surface area contributed by atoms with Crippen LogP contribution in [0, 0.1) is 0 Å². The fourth-order valence-corrected chi connectivity index (χ4v) is 5.95. The molecule has 0 N–H and O–H groups in total. The van der Waals surface area contributed by atoms with Crippen molar-refractivity contribution in [3.8, 4) is 5.75 Å². The summed E-state index contributed by atoms with van der Waals surface area (Å²) in [5.74, 6) is -0.0809. The van der Waals surface area contributed by atoms with Crippen molar-refractivity contribution in [3.05, 3.63) is 108 Å². The molecule has 0 unspecified atom stereocenters. The van der Waals surface area contributed by atoms with Crippen LogP contribution in [0.25, 0.3) is 17.0 Å². The normalized spacial score (nSPS) is 15.5. The van der Waals surface area contributed by atoms with E-state index in [1.54, 1.807) is 25.1 Å². The van der Waals surface area contributed by atoms with Crippen molar-refractivity contribution in [2.45, 2.75) is 19.5 Å². The maximum Gasteiger partial charge on any atom is 0.338 e. The average Bonchev–Trinajstić information content (AvgIpc) is 3.40. The van der Waals surface area contributed by atoms with E-state index in [1.807, 2.05) is 42.6 Å². The zero-order valence-corrected chi connectivity index (χ0v) is 22.1. The first kappa shape index (κ1) is 24.8. The Hall–Kier alpha value is -3.88. The van der Waals surface area contributed by atoms with Gasteiger partial charge in [-0.3, -0.25) is 9.36 Å². The van der Waals surface area contributed by atoms with Crippen LogP contribution in [-0.2, 0) is 16.1 Å². The first-order valence-electron chi connectivity index (χ1n) is 11.5. The highest BCUT2D eigenvalue weighted by Gasteiger charge is 2.35. The van der Waals surface area contributed by atoms with Gasteiger partial charge in [0.15, 0.2) is 4.80 Å². The smallest absolute Gasteiger partial charge is 0.338 e. The van der Waals surface area contributed by atoms with E-state index in [4.69, 9.17) is 21.1 Å². The molecule has 5 rings (SSSR count). The Morgan fingerprint density at radius 2 is 2.03 bits per heavy atom. The van der Waals surface area contributed by atoms with Gasteiger partial charge in [-0.1, -0.05) is 47.2 Å². The van der Waals surface area contributed by atoms with Gasteiger partial charge in [-0.15, -0.1) is 6.58 Å². The van der Waals surface area contributed by atoms with Gasteiger partial charge in [0.05, 0.1) is 30.0 Å². The first-order chi connectivity index (χ1) is 17.9. The molecule has 37 heavy (non-hydrogen) atoms. The standard InChI is InChI=1S/C28H24ClN3O4S/c1-5-12-31-15-17(19-8-6-7-9-21(19)31)13-23-26(33)32-25(20-14-18(29)10-11-22(20)35-3)24(27(34)36-4)16(2)30-28(32)37-23/h5-11,13-15,25H,1,12H2,2-4H3/b23-13-/t25-/m1/s1. The van der Waals surface area contributed by atoms with Gasteiger partial charge in [-0.25, -0.2) is 9.79 Å². The second-order valence-corrected chi connectivity index (χ2v) is 9.95. The van der Waals surface area contributed by atoms with Crippen molar-refractivity contribution in [2.24, 2.45) is 4.99 Å². The molecule has 0 saturated carbocycles. The summed E-state index contributed by atoms with van der Waals surface area (Å²) in [5, 5.41) is 1.47. The first-order valence-corrected chi connectivity index (χ1v) is 12.7. The number of rotatable bonds is 6. The predicted octanol–water partition coefficient (Wildman–Crippen LogP) is 4.21. The van der Waals surface area contributed by atoms with Gasteiger partial charge < -0.3 is 14.0 Å². The fourth-order valence-electron chi connectivity index (χ4n) is 4.73. The number of benzene rings is 2. The van der Waals surface area contributed by atoms with Crippen molar-refractivity contribution in [2.75, 3.05) is 14.2 Å². The molecule has 9 heteroatoms. The van der Waals surface area contributed by atoms with Crippen LogP contribution in [0.1, 0.15) is 24.1 Å². The molecule has 0 saturated heterocycles. The van der Waals surface area contributed by atoms with E-state index < -0.39 is 12.0 Å². The molecule has 7 nitrogen and oxygen atoms in total. The van der Waals surface area contributed by atoms with Crippen molar-refractivity contribution >= 4 is 45.9 Å². The highest BCUT2D eigenvalue weighted by molar-refractivity contribution is 7.07. The van der Waals surface area contributed by atoms with E-state index in [2.05, 4.69) is 16.1 Å². The van der Waals surface area contributed by atoms with Crippen LogP contribution in [0.15, 0.2) is 82.4 Å². The number of carbonyl (C=O) groups excluding carboxylic acids is 1. The van der Waals surface area contributed by atoms with Gasteiger partial charge in [0.1, 0.15) is 11.8 Å². The molecule has 1 aliphatic heterocycles. The summed E-state index contributed by atoms with van der Waals surface area (Å²) in [6.45, 7) is 6.23. The predicted molar refractivity (Wildman–Crippen MR) is 146 cm³/mol. The molecule has 0 spiro atoms. The number of thiazole rings is 1. The Kier molecular flexibility index (Phi) is 6.62. The van der Waals surface area contributed by atoms with Gasteiger partial charge in [0.2, 0.25) is 0 Å². The number of methoxy groups -OCH3 is 2. The van der Waals surface area contributed by atoms with E-state index in [9.17, 15) is 9.59 Å². The summed E-state index contributed by atoms with van der Waals surface area (Å²) in [6.07, 6.45) is 5.71. The lowest BCUT2D eigenvalue weighted by Gasteiger charge is -2.25. The minimum atomic E-state index is -0.818. The van der Waals surface area contributed by atoms with E-state index in [0.717, 1.165) is 16.5 Å². The minimum absolute atomic E-state index is 0.254. The molecule has 1 atom stereocenters. The number of halogens is 1. The summed E-state index contributed by atoms with van der Waals surface area (Å²) in [5.41, 5.74) is 2.97. The lowest BCUT2D eigenvalue weighted by Crippen LogP contribution is -2.40. The number of esters is 1. The number of fused-ring (bicyclic) bond motifs is 2. The molecule has 0 bridgehead atoms. The molecule has 188 valence electrons. The maximum atomic E-state index is 13.9. The number of hydrogen-bond acceptors (Lipinski definition) is 6. The largest absolute Gasteiger partial charge is 0.496 e. The van der Waals surface area contributed by atoms with Crippen LogP contribution in [0.4, 0.5) is 0 Å². The van der Waals surface area contributed by atoms with Gasteiger partial charge in [-0.05, 0) is 37.3 Å². The number of hydrogen-bond donors (Lipinski definition) is 0. The minimum Gasteiger partial charge on any atom is -0.496 e. The van der Waals surface area contributed by atoms with Gasteiger partial charge >= 0.3 is 5.97 Å². The third kappa shape index (κ3) is 4.22. The van der Waals surface area contributed by atoms with Gasteiger partial charge in [-0.2, -0.15) is 0 Å². The number of aromatic nitrogens is 2. The van der Waals surface area contributed by atoms with Crippen molar-refractivity contribution < 1.29 is 14.3 Å². The molecule has 2 aromatic carbocycles. The number of ether oxygens (including phenoxy) is 2.